The van der Waals surface area contributed by atoms with E-state index in [1.165, 1.54) is 11.1 Å². The Balaban J connectivity index is 1.43. The van der Waals surface area contributed by atoms with Gasteiger partial charge in [0.1, 0.15) is 6.04 Å². The summed E-state index contributed by atoms with van der Waals surface area (Å²) in [5.41, 5.74) is 3.44. The van der Waals surface area contributed by atoms with Gasteiger partial charge in [0.15, 0.2) is 0 Å². The second kappa shape index (κ2) is 13.9. The Hall–Kier alpha value is -2.45. The average Bonchev–Trinajstić information content (AvgIpc) is 3.26. The summed E-state index contributed by atoms with van der Waals surface area (Å²) in [4.78, 5) is 36.3. The lowest BCUT2D eigenvalue weighted by Gasteiger charge is -2.43. The van der Waals surface area contributed by atoms with Crippen molar-refractivity contribution in [1.29, 1.82) is 0 Å². The topological polar surface area (TPSA) is 59.1 Å². The van der Waals surface area contributed by atoms with Gasteiger partial charge in [0.25, 0.3) is 0 Å². The van der Waals surface area contributed by atoms with Gasteiger partial charge in [-0.3, -0.25) is 19.4 Å². The summed E-state index contributed by atoms with van der Waals surface area (Å²) in [6.07, 6.45) is 0.766. The largest absolute Gasteiger partial charge is 0.344 e. The Kier molecular flexibility index (Phi) is 10.6. The molecule has 2 unspecified atom stereocenters. The third kappa shape index (κ3) is 7.64. The molecule has 0 aromatic heterocycles. The zero-order chi connectivity index (χ0) is 28.8. The molecule has 1 saturated heterocycles. The van der Waals surface area contributed by atoms with Crippen molar-refractivity contribution in [2.45, 2.75) is 58.3 Å². The molecule has 0 radical (unpaired) electrons. The van der Waals surface area contributed by atoms with Gasteiger partial charge in [0, 0.05) is 69.2 Å². The molecule has 2 heterocycles. The number of hydrogen-bond acceptors (Lipinski definition) is 5. The lowest BCUT2D eigenvalue weighted by atomic mass is 10.00. The average molecular weight is 568 g/mol. The highest BCUT2D eigenvalue weighted by molar-refractivity contribution is 6.30. The Morgan fingerprint density at radius 1 is 1.05 bits per heavy atom. The fraction of sp³-hybridized carbons (Fsp3) is 0.562. The van der Waals surface area contributed by atoms with Crippen molar-refractivity contribution in [2.75, 3.05) is 53.4 Å². The summed E-state index contributed by atoms with van der Waals surface area (Å²) in [5.74, 6) is 0.434. The number of benzene rings is 2. The first kappa shape index (κ1) is 30.5. The molecule has 7 nitrogen and oxygen atoms in total. The molecule has 0 saturated carbocycles. The molecular weight excluding hydrogens is 522 g/mol. The minimum Gasteiger partial charge on any atom is -0.344 e. The smallest absolute Gasteiger partial charge is 0.245 e. The number of halogens is 1. The van der Waals surface area contributed by atoms with Gasteiger partial charge in [-0.1, -0.05) is 68.8 Å². The third-order valence-electron chi connectivity index (χ3n) is 8.63. The van der Waals surface area contributed by atoms with E-state index in [9.17, 15) is 9.59 Å². The van der Waals surface area contributed by atoms with Crippen LogP contribution in [0.25, 0.3) is 0 Å². The standard InChI is InChI=1S/C32H46ClN5O2/c1-6-35(4)22-30(23(2)3)37-15-17-38(18-16-37)32(40)28(19-24-11-13-26(33)14-12-24)34-31(39)20-29-27-10-8-7-9-25(27)21-36(29)5/h7-14,23,28-30H,6,15-22H2,1-5H3,(H,34,39)/t28-,29?,30?/m1/s1. The van der Waals surface area contributed by atoms with Gasteiger partial charge < -0.3 is 15.1 Å². The molecule has 1 N–H and O–H groups in total. The second-order valence-corrected chi connectivity index (χ2v) is 12.2. The number of amides is 2. The number of rotatable bonds is 11. The third-order valence-corrected chi connectivity index (χ3v) is 8.89. The monoisotopic (exact) mass is 567 g/mol. The van der Waals surface area contributed by atoms with Gasteiger partial charge in [-0.25, -0.2) is 0 Å². The first-order valence-corrected chi connectivity index (χ1v) is 15.1. The van der Waals surface area contributed by atoms with Gasteiger partial charge in [-0.2, -0.15) is 0 Å². The second-order valence-electron chi connectivity index (χ2n) is 11.8. The van der Waals surface area contributed by atoms with Crippen LogP contribution in [0.5, 0.6) is 0 Å². The molecule has 2 aromatic rings. The summed E-state index contributed by atoms with van der Waals surface area (Å²) in [6, 6.07) is 15.7. The number of carbonyl (C=O) groups excluding carboxylic acids is 2. The Bertz CT molecular complexity index is 1130. The van der Waals surface area contributed by atoms with Crippen LogP contribution < -0.4 is 5.32 Å². The first-order chi connectivity index (χ1) is 19.2. The SMILES string of the molecule is CCN(C)CC(C(C)C)N1CCN(C(=O)[C@@H](Cc2ccc(Cl)cc2)NC(=O)CC2c3ccccc3CN2C)CC1. The molecule has 2 amide bonds. The maximum absolute atomic E-state index is 13.9. The van der Waals surface area contributed by atoms with Crippen molar-refractivity contribution in [1.82, 2.24) is 24.9 Å². The van der Waals surface area contributed by atoms with Crippen LogP contribution in [0, 0.1) is 5.92 Å². The number of nitrogens with one attached hydrogen (secondary N) is 1. The Morgan fingerprint density at radius 3 is 2.38 bits per heavy atom. The fourth-order valence-electron chi connectivity index (χ4n) is 6.06. The molecule has 0 aliphatic carbocycles. The van der Waals surface area contributed by atoms with Crippen molar-refractivity contribution in [3.8, 4) is 0 Å². The Labute approximate surface area is 245 Å². The van der Waals surface area contributed by atoms with Crippen molar-refractivity contribution in [3.05, 3.63) is 70.2 Å². The van der Waals surface area contributed by atoms with Gasteiger partial charge in [-0.05, 0) is 55.4 Å². The van der Waals surface area contributed by atoms with Gasteiger partial charge in [0.05, 0.1) is 0 Å². The predicted octanol–water partition coefficient (Wildman–Crippen LogP) is 4.06. The number of carbonyl (C=O) groups is 2. The van der Waals surface area contributed by atoms with Crippen LogP contribution in [-0.4, -0.2) is 96.9 Å². The minimum absolute atomic E-state index is 0.00472. The van der Waals surface area contributed by atoms with E-state index >= 15 is 0 Å². The molecule has 2 aliphatic heterocycles. The molecule has 3 atom stereocenters. The summed E-state index contributed by atoms with van der Waals surface area (Å²) >= 11 is 6.11. The number of nitrogens with zero attached hydrogens (tertiary/aromatic N) is 4. The fourth-order valence-corrected chi connectivity index (χ4v) is 6.19. The number of fused-ring (bicyclic) bond motifs is 1. The maximum atomic E-state index is 13.9. The zero-order valence-corrected chi connectivity index (χ0v) is 25.5. The molecule has 0 spiro atoms. The van der Waals surface area contributed by atoms with E-state index in [2.05, 4.69) is 67.0 Å². The van der Waals surface area contributed by atoms with E-state index in [0.29, 0.717) is 42.9 Å². The number of piperazine rings is 1. The van der Waals surface area contributed by atoms with Crippen LogP contribution in [0.3, 0.4) is 0 Å². The van der Waals surface area contributed by atoms with Crippen LogP contribution in [0.1, 0.15) is 49.9 Å². The lowest BCUT2D eigenvalue weighted by Crippen LogP contribution is -2.59. The highest BCUT2D eigenvalue weighted by Crippen LogP contribution is 2.34. The van der Waals surface area contributed by atoms with Crippen LogP contribution in [0.15, 0.2) is 48.5 Å². The molecule has 1 fully saturated rings. The summed E-state index contributed by atoms with van der Waals surface area (Å²) in [5, 5.41) is 3.79. The minimum atomic E-state index is -0.616. The van der Waals surface area contributed by atoms with Gasteiger partial charge >= 0.3 is 0 Å². The van der Waals surface area contributed by atoms with E-state index in [0.717, 1.165) is 38.3 Å². The highest BCUT2D eigenvalue weighted by atomic mass is 35.5. The lowest BCUT2D eigenvalue weighted by molar-refractivity contribution is -0.138. The van der Waals surface area contributed by atoms with Crippen molar-refractivity contribution in [2.24, 2.45) is 5.92 Å². The van der Waals surface area contributed by atoms with Crippen molar-refractivity contribution >= 4 is 23.4 Å². The van der Waals surface area contributed by atoms with Crippen LogP contribution >= 0.6 is 11.6 Å². The summed E-state index contributed by atoms with van der Waals surface area (Å²) in [7, 11) is 4.22. The quantitative estimate of drug-likeness (QED) is 0.444. The molecule has 2 aromatic carbocycles. The van der Waals surface area contributed by atoms with Crippen molar-refractivity contribution < 1.29 is 9.59 Å². The van der Waals surface area contributed by atoms with Crippen LogP contribution in [0.2, 0.25) is 5.02 Å². The Morgan fingerprint density at radius 2 is 1.73 bits per heavy atom. The van der Waals surface area contributed by atoms with E-state index in [-0.39, 0.29) is 17.9 Å². The van der Waals surface area contributed by atoms with E-state index < -0.39 is 6.04 Å². The maximum Gasteiger partial charge on any atom is 0.245 e. The number of hydrogen-bond donors (Lipinski definition) is 1. The van der Waals surface area contributed by atoms with E-state index in [1.54, 1.807) is 0 Å². The molecule has 2 aliphatic rings. The number of likely N-dealkylation sites (N-methyl/N-ethyl adjacent to an activating group) is 1. The summed E-state index contributed by atoms with van der Waals surface area (Å²) < 4.78 is 0. The van der Waals surface area contributed by atoms with Crippen LogP contribution in [-0.2, 0) is 22.6 Å². The normalized spacial score (nSPS) is 19.6. The van der Waals surface area contributed by atoms with Gasteiger partial charge in [-0.15, -0.1) is 0 Å². The predicted molar refractivity (Wildman–Crippen MR) is 162 cm³/mol. The van der Waals surface area contributed by atoms with Crippen LogP contribution in [0.4, 0.5) is 0 Å². The first-order valence-electron chi connectivity index (χ1n) is 14.7. The molecular formula is C32H46ClN5O2. The van der Waals surface area contributed by atoms with Gasteiger partial charge in [0.2, 0.25) is 11.8 Å². The van der Waals surface area contributed by atoms with E-state index in [1.807, 2.05) is 41.3 Å². The zero-order valence-electron chi connectivity index (χ0n) is 24.8. The van der Waals surface area contributed by atoms with Crippen molar-refractivity contribution in [3.63, 3.8) is 0 Å². The summed E-state index contributed by atoms with van der Waals surface area (Å²) in [6.45, 7) is 12.7. The molecule has 0 bridgehead atoms. The molecule has 218 valence electrons. The molecule has 8 heteroatoms. The molecule has 4 rings (SSSR count). The molecule has 40 heavy (non-hydrogen) atoms. The van der Waals surface area contributed by atoms with E-state index in [4.69, 9.17) is 11.6 Å². The highest BCUT2D eigenvalue weighted by Gasteiger charge is 2.34.